The summed E-state index contributed by atoms with van der Waals surface area (Å²) in [6.45, 7) is 0. The van der Waals surface area contributed by atoms with Gasteiger partial charge >= 0.3 is 12.1 Å². The van der Waals surface area contributed by atoms with Crippen LogP contribution in [-0.4, -0.2) is 34.4 Å². The van der Waals surface area contributed by atoms with Gasteiger partial charge in [-0.2, -0.15) is 23.3 Å². The molecule has 27 heavy (non-hydrogen) atoms. The van der Waals surface area contributed by atoms with Crippen molar-refractivity contribution in [2.24, 2.45) is 0 Å². The first kappa shape index (κ1) is 17.7. The summed E-state index contributed by atoms with van der Waals surface area (Å²) < 4.78 is 70.0. The van der Waals surface area contributed by atoms with E-state index in [-0.39, 0.29) is 16.8 Å². The second-order valence-corrected chi connectivity index (χ2v) is 7.70. The number of aromatic nitrogens is 4. The monoisotopic (exact) mass is 399 g/mol. The van der Waals surface area contributed by atoms with E-state index in [1.165, 1.54) is 29.2 Å². The summed E-state index contributed by atoms with van der Waals surface area (Å²) in [5.41, 5.74) is 0.833. The molecule has 1 N–H and O–H groups in total. The fourth-order valence-electron chi connectivity index (χ4n) is 2.29. The Morgan fingerprint density at radius 1 is 1.19 bits per heavy atom. The van der Waals surface area contributed by atoms with Crippen molar-refractivity contribution in [3.05, 3.63) is 42.5 Å². The minimum Gasteiger partial charge on any atom is -0.329 e. The fraction of sp³-hybridized carbons (Fsp3) is 0.267. The molecule has 4 rings (SSSR count). The van der Waals surface area contributed by atoms with Crippen LogP contribution < -0.4 is 4.72 Å². The van der Waals surface area contributed by atoms with Crippen molar-refractivity contribution >= 4 is 10.0 Å². The molecule has 0 saturated heterocycles. The Labute approximate surface area is 151 Å². The number of sulfonamides is 1. The summed E-state index contributed by atoms with van der Waals surface area (Å²) in [5.74, 6) is -1.63. The van der Waals surface area contributed by atoms with Gasteiger partial charge in [0.2, 0.25) is 15.8 Å². The third-order valence-electron chi connectivity index (χ3n) is 3.83. The van der Waals surface area contributed by atoms with E-state index in [0.29, 0.717) is 11.3 Å². The average Bonchev–Trinajstić information content (AvgIpc) is 3.11. The van der Waals surface area contributed by atoms with Crippen LogP contribution in [-0.2, 0) is 16.2 Å². The maximum absolute atomic E-state index is 12.5. The largest absolute Gasteiger partial charge is 0.471 e. The molecule has 0 aliphatic heterocycles. The lowest BCUT2D eigenvalue weighted by Crippen LogP contribution is -2.25. The molecule has 12 heteroatoms. The van der Waals surface area contributed by atoms with Gasteiger partial charge < -0.3 is 4.52 Å². The van der Waals surface area contributed by atoms with Crippen molar-refractivity contribution in [1.82, 2.24) is 24.6 Å². The Balaban J connectivity index is 1.55. The van der Waals surface area contributed by atoms with Crippen LogP contribution in [0, 0.1) is 0 Å². The Morgan fingerprint density at radius 2 is 1.89 bits per heavy atom. The van der Waals surface area contributed by atoms with Gasteiger partial charge in [-0.3, -0.25) is 0 Å². The first-order valence-corrected chi connectivity index (χ1v) is 9.29. The third kappa shape index (κ3) is 3.71. The zero-order valence-corrected chi connectivity index (χ0v) is 14.3. The van der Waals surface area contributed by atoms with Gasteiger partial charge in [0, 0.05) is 11.6 Å². The quantitative estimate of drug-likeness (QED) is 0.707. The molecule has 1 saturated carbocycles. The first-order valence-electron chi connectivity index (χ1n) is 7.81. The SMILES string of the molecule is O=S(=O)(NC1CC1)c1cnn(-c2ccc(-c3noc(C(F)(F)F)n3)cc2)c1. The van der Waals surface area contributed by atoms with E-state index in [2.05, 4.69) is 24.5 Å². The summed E-state index contributed by atoms with van der Waals surface area (Å²) in [4.78, 5) is 3.35. The van der Waals surface area contributed by atoms with Crippen LogP contribution in [0.5, 0.6) is 0 Å². The lowest BCUT2D eigenvalue weighted by Gasteiger charge is -2.03. The van der Waals surface area contributed by atoms with Crippen molar-refractivity contribution in [2.75, 3.05) is 0 Å². The van der Waals surface area contributed by atoms with Gasteiger partial charge in [-0.05, 0) is 37.1 Å². The average molecular weight is 399 g/mol. The number of halogens is 3. The van der Waals surface area contributed by atoms with Gasteiger partial charge in [-0.1, -0.05) is 5.16 Å². The molecular weight excluding hydrogens is 387 g/mol. The summed E-state index contributed by atoms with van der Waals surface area (Å²) >= 11 is 0. The highest BCUT2D eigenvalue weighted by Crippen LogP contribution is 2.29. The molecule has 2 aromatic heterocycles. The summed E-state index contributed by atoms with van der Waals surface area (Å²) in [6.07, 6.45) is -0.484. The van der Waals surface area contributed by atoms with Gasteiger partial charge in [0.25, 0.3) is 0 Å². The molecule has 1 aliphatic rings. The molecular formula is C15H12F3N5O3S. The predicted octanol–water partition coefficient (Wildman–Crippen LogP) is 2.38. The Morgan fingerprint density at radius 3 is 2.48 bits per heavy atom. The first-order chi connectivity index (χ1) is 12.7. The highest BCUT2D eigenvalue weighted by Gasteiger charge is 2.38. The van der Waals surface area contributed by atoms with Crippen LogP contribution in [0.2, 0.25) is 0 Å². The topological polar surface area (TPSA) is 103 Å². The van der Waals surface area contributed by atoms with E-state index in [9.17, 15) is 21.6 Å². The van der Waals surface area contributed by atoms with Crippen molar-refractivity contribution in [2.45, 2.75) is 30.0 Å². The number of benzene rings is 1. The number of alkyl halides is 3. The van der Waals surface area contributed by atoms with Crippen molar-refractivity contribution in [3.8, 4) is 17.1 Å². The Bertz CT molecular complexity index is 1070. The third-order valence-corrected chi connectivity index (χ3v) is 5.30. The van der Waals surface area contributed by atoms with Crippen LogP contribution in [0.25, 0.3) is 17.1 Å². The van der Waals surface area contributed by atoms with Gasteiger partial charge in [-0.15, -0.1) is 0 Å². The normalized spacial score (nSPS) is 15.2. The highest BCUT2D eigenvalue weighted by atomic mass is 32.2. The minimum absolute atomic E-state index is 0.0193. The van der Waals surface area contributed by atoms with Crippen LogP contribution >= 0.6 is 0 Å². The molecule has 1 aromatic carbocycles. The zero-order chi connectivity index (χ0) is 19.2. The second-order valence-electron chi connectivity index (χ2n) is 5.98. The maximum atomic E-state index is 12.5. The molecule has 0 amide bonds. The molecule has 142 valence electrons. The molecule has 1 aliphatic carbocycles. The number of rotatable bonds is 5. The van der Waals surface area contributed by atoms with Gasteiger partial charge in [0.15, 0.2) is 0 Å². The standard InChI is InChI=1S/C15H12F3N5O3S/c16-15(17,18)14-20-13(21-26-14)9-1-5-11(6-2-9)23-8-12(7-19-23)27(24,25)22-10-3-4-10/h1-2,5-8,10,22H,3-4H2. The predicted molar refractivity (Wildman–Crippen MR) is 85.2 cm³/mol. The molecule has 0 atom stereocenters. The smallest absolute Gasteiger partial charge is 0.329 e. The minimum atomic E-state index is -4.71. The van der Waals surface area contributed by atoms with Crippen molar-refractivity contribution in [3.63, 3.8) is 0 Å². The molecule has 3 aromatic rings. The Kier molecular flexibility index (Phi) is 4.03. The molecule has 0 unspecified atom stereocenters. The second kappa shape index (κ2) is 6.16. The molecule has 1 fully saturated rings. The zero-order valence-electron chi connectivity index (χ0n) is 13.5. The molecule has 8 nitrogen and oxygen atoms in total. The van der Waals surface area contributed by atoms with Crippen molar-refractivity contribution < 1.29 is 26.1 Å². The Hall–Kier alpha value is -2.73. The number of nitrogens with zero attached hydrogens (tertiary/aromatic N) is 4. The van der Waals surface area contributed by atoms with Gasteiger partial charge in [-0.25, -0.2) is 17.8 Å². The lowest BCUT2D eigenvalue weighted by molar-refractivity contribution is -0.159. The number of hydrogen-bond acceptors (Lipinski definition) is 6. The fourth-order valence-corrected chi connectivity index (χ4v) is 3.53. The molecule has 0 spiro atoms. The van der Waals surface area contributed by atoms with E-state index in [1.807, 2.05) is 0 Å². The van der Waals surface area contributed by atoms with Gasteiger partial charge in [0.1, 0.15) is 4.90 Å². The van der Waals surface area contributed by atoms with Gasteiger partial charge in [0.05, 0.1) is 18.1 Å². The lowest BCUT2D eigenvalue weighted by atomic mass is 10.2. The molecule has 0 radical (unpaired) electrons. The summed E-state index contributed by atoms with van der Waals surface area (Å²) in [6, 6.07) is 6.05. The van der Waals surface area contributed by atoms with E-state index in [1.54, 1.807) is 12.1 Å². The summed E-state index contributed by atoms with van der Waals surface area (Å²) in [5, 5.41) is 7.33. The van der Waals surface area contributed by atoms with E-state index in [4.69, 9.17) is 0 Å². The number of hydrogen-bond donors (Lipinski definition) is 1. The van der Waals surface area contributed by atoms with Crippen LogP contribution in [0.1, 0.15) is 18.7 Å². The van der Waals surface area contributed by atoms with E-state index >= 15 is 0 Å². The summed E-state index contributed by atoms with van der Waals surface area (Å²) in [7, 11) is -3.62. The van der Waals surface area contributed by atoms with E-state index < -0.39 is 22.1 Å². The molecule has 2 heterocycles. The van der Waals surface area contributed by atoms with Crippen LogP contribution in [0.4, 0.5) is 13.2 Å². The molecule has 0 bridgehead atoms. The van der Waals surface area contributed by atoms with Crippen LogP contribution in [0.15, 0.2) is 46.1 Å². The maximum Gasteiger partial charge on any atom is 0.471 e. The van der Waals surface area contributed by atoms with E-state index in [0.717, 1.165) is 12.8 Å². The van der Waals surface area contributed by atoms with Crippen LogP contribution in [0.3, 0.4) is 0 Å². The van der Waals surface area contributed by atoms with Crippen molar-refractivity contribution in [1.29, 1.82) is 0 Å². The number of nitrogens with one attached hydrogen (secondary N) is 1. The highest BCUT2D eigenvalue weighted by molar-refractivity contribution is 7.89.